The van der Waals surface area contributed by atoms with Crippen LogP contribution in [-0.2, 0) is 6.54 Å². The van der Waals surface area contributed by atoms with Crippen molar-refractivity contribution in [3.05, 3.63) is 24.0 Å². The van der Waals surface area contributed by atoms with E-state index in [2.05, 4.69) is 31.1 Å². The summed E-state index contributed by atoms with van der Waals surface area (Å²) in [4.78, 5) is 4.34. The highest BCUT2D eigenvalue weighted by molar-refractivity contribution is 5.22. The monoisotopic (exact) mass is 250 g/mol. The Morgan fingerprint density at radius 3 is 2.89 bits per heavy atom. The number of hydrogen-bond acceptors (Lipinski definition) is 3. The molecule has 0 aliphatic heterocycles. The van der Waals surface area contributed by atoms with Crippen molar-refractivity contribution < 1.29 is 4.74 Å². The lowest BCUT2D eigenvalue weighted by molar-refractivity contribution is 0.305. The van der Waals surface area contributed by atoms with E-state index in [0.29, 0.717) is 5.92 Å². The van der Waals surface area contributed by atoms with E-state index in [4.69, 9.17) is 4.74 Å². The smallest absolute Gasteiger partial charge is 0.122 e. The number of aromatic nitrogens is 1. The Hall–Kier alpha value is -1.09. The molecule has 0 atom stereocenters. The van der Waals surface area contributed by atoms with Crippen molar-refractivity contribution in [3.63, 3.8) is 0 Å². The SMILES string of the molecule is CCCCCOc1ccnc(CNCC(C)C)c1. The van der Waals surface area contributed by atoms with Gasteiger partial charge in [-0.05, 0) is 24.9 Å². The molecule has 0 saturated heterocycles. The molecule has 0 aromatic carbocycles. The van der Waals surface area contributed by atoms with Gasteiger partial charge in [-0.3, -0.25) is 4.98 Å². The van der Waals surface area contributed by atoms with E-state index in [1.54, 1.807) is 0 Å². The highest BCUT2D eigenvalue weighted by Crippen LogP contribution is 2.11. The molecule has 0 unspecified atom stereocenters. The average molecular weight is 250 g/mol. The summed E-state index contributed by atoms with van der Waals surface area (Å²) < 4.78 is 5.71. The van der Waals surface area contributed by atoms with Crippen LogP contribution < -0.4 is 10.1 Å². The van der Waals surface area contributed by atoms with Crippen LogP contribution in [0, 0.1) is 5.92 Å². The molecule has 18 heavy (non-hydrogen) atoms. The number of nitrogens with one attached hydrogen (secondary N) is 1. The van der Waals surface area contributed by atoms with E-state index in [0.717, 1.165) is 37.6 Å². The Bertz CT molecular complexity index is 326. The largest absolute Gasteiger partial charge is 0.493 e. The predicted molar refractivity (Wildman–Crippen MR) is 75.8 cm³/mol. The van der Waals surface area contributed by atoms with Crippen LogP contribution in [0.15, 0.2) is 18.3 Å². The van der Waals surface area contributed by atoms with Crippen LogP contribution in [0.5, 0.6) is 5.75 Å². The van der Waals surface area contributed by atoms with E-state index in [9.17, 15) is 0 Å². The maximum Gasteiger partial charge on any atom is 0.122 e. The normalized spacial score (nSPS) is 10.9. The molecule has 0 fully saturated rings. The number of rotatable bonds is 9. The third-order valence-electron chi connectivity index (χ3n) is 2.66. The molecular weight excluding hydrogens is 224 g/mol. The summed E-state index contributed by atoms with van der Waals surface area (Å²) in [6.45, 7) is 9.23. The molecule has 1 rings (SSSR count). The van der Waals surface area contributed by atoms with Crippen LogP contribution in [0.2, 0.25) is 0 Å². The fraction of sp³-hybridized carbons (Fsp3) is 0.667. The zero-order chi connectivity index (χ0) is 13.2. The van der Waals surface area contributed by atoms with Crippen LogP contribution in [0.3, 0.4) is 0 Å². The topological polar surface area (TPSA) is 34.1 Å². The van der Waals surface area contributed by atoms with E-state index in [1.165, 1.54) is 12.8 Å². The van der Waals surface area contributed by atoms with Gasteiger partial charge in [0.05, 0.1) is 12.3 Å². The van der Waals surface area contributed by atoms with Crippen molar-refractivity contribution in [1.29, 1.82) is 0 Å². The molecular formula is C15H26N2O. The van der Waals surface area contributed by atoms with Crippen molar-refractivity contribution in [2.45, 2.75) is 46.6 Å². The molecule has 0 radical (unpaired) electrons. The van der Waals surface area contributed by atoms with Crippen LogP contribution in [0.4, 0.5) is 0 Å². The van der Waals surface area contributed by atoms with E-state index < -0.39 is 0 Å². The highest BCUT2D eigenvalue weighted by Gasteiger charge is 1.99. The molecule has 3 nitrogen and oxygen atoms in total. The first-order chi connectivity index (χ1) is 8.72. The van der Waals surface area contributed by atoms with Crippen LogP contribution in [0.25, 0.3) is 0 Å². The number of ether oxygens (including phenoxy) is 1. The van der Waals surface area contributed by atoms with Gasteiger partial charge in [0.2, 0.25) is 0 Å². The number of hydrogen-bond donors (Lipinski definition) is 1. The number of nitrogens with zero attached hydrogens (tertiary/aromatic N) is 1. The molecule has 0 amide bonds. The Morgan fingerprint density at radius 1 is 1.33 bits per heavy atom. The van der Waals surface area contributed by atoms with Crippen molar-refractivity contribution in [2.75, 3.05) is 13.2 Å². The Morgan fingerprint density at radius 2 is 2.17 bits per heavy atom. The fourth-order valence-corrected chi connectivity index (χ4v) is 1.67. The summed E-state index contributed by atoms with van der Waals surface area (Å²) in [5.41, 5.74) is 1.05. The van der Waals surface area contributed by atoms with Crippen molar-refractivity contribution >= 4 is 0 Å². The molecule has 0 aliphatic carbocycles. The highest BCUT2D eigenvalue weighted by atomic mass is 16.5. The molecule has 0 bridgehead atoms. The maximum absolute atomic E-state index is 5.71. The van der Waals surface area contributed by atoms with Gasteiger partial charge in [0.15, 0.2) is 0 Å². The third-order valence-corrected chi connectivity index (χ3v) is 2.66. The van der Waals surface area contributed by atoms with Gasteiger partial charge in [-0.1, -0.05) is 33.6 Å². The minimum absolute atomic E-state index is 0.665. The van der Waals surface area contributed by atoms with Gasteiger partial charge < -0.3 is 10.1 Å². The molecule has 0 aliphatic rings. The molecule has 1 aromatic heterocycles. The van der Waals surface area contributed by atoms with E-state index in [1.807, 2.05) is 18.3 Å². The first-order valence-electron chi connectivity index (χ1n) is 7.00. The Kier molecular flexibility index (Phi) is 7.42. The van der Waals surface area contributed by atoms with Crippen molar-refractivity contribution in [1.82, 2.24) is 10.3 Å². The average Bonchev–Trinajstić information content (AvgIpc) is 2.35. The van der Waals surface area contributed by atoms with E-state index in [-0.39, 0.29) is 0 Å². The molecule has 1 heterocycles. The van der Waals surface area contributed by atoms with Gasteiger partial charge in [-0.2, -0.15) is 0 Å². The summed E-state index contributed by atoms with van der Waals surface area (Å²) in [7, 11) is 0. The van der Waals surface area contributed by atoms with Gasteiger partial charge in [-0.15, -0.1) is 0 Å². The quantitative estimate of drug-likeness (QED) is 0.682. The van der Waals surface area contributed by atoms with Crippen molar-refractivity contribution in [2.24, 2.45) is 5.92 Å². The van der Waals surface area contributed by atoms with Crippen LogP contribution >= 0.6 is 0 Å². The summed E-state index contributed by atoms with van der Waals surface area (Å²) >= 11 is 0. The summed E-state index contributed by atoms with van der Waals surface area (Å²) in [5, 5.41) is 3.39. The molecule has 0 saturated carbocycles. The second kappa shape index (κ2) is 8.92. The Balaban J connectivity index is 2.32. The molecule has 1 aromatic rings. The minimum Gasteiger partial charge on any atom is -0.493 e. The Labute approximate surface area is 111 Å². The van der Waals surface area contributed by atoms with Gasteiger partial charge in [0, 0.05) is 18.8 Å². The van der Waals surface area contributed by atoms with Gasteiger partial charge in [0.1, 0.15) is 5.75 Å². The first-order valence-corrected chi connectivity index (χ1v) is 7.00. The predicted octanol–water partition coefficient (Wildman–Crippen LogP) is 3.40. The summed E-state index contributed by atoms with van der Waals surface area (Å²) in [6, 6.07) is 3.96. The molecule has 3 heteroatoms. The second-order valence-corrected chi connectivity index (χ2v) is 5.06. The summed E-state index contributed by atoms with van der Waals surface area (Å²) in [5.74, 6) is 1.60. The lowest BCUT2D eigenvalue weighted by Gasteiger charge is -2.09. The van der Waals surface area contributed by atoms with Gasteiger partial charge >= 0.3 is 0 Å². The standard InChI is InChI=1S/C15H26N2O/c1-4-5-6-9-18-15-7-8-17-14(10-15)12-16-11-13(2)3/h7-8,10,13,16H,4-6,9,11-12H2,1-3H3. The van der Waals surface area contributed by atoms with Crippen LogP contribution in [0.1, 0.15) is 45.7 Å². The van der Waals surface area contributed by atoms with E-state index >= 15 is 0 Å². The molecule has 1 N–H and O–H groups in total. The number of pyridine rings is 1. The lowest BCUT2D eigenvalue weighted by atomic mass is 10.2. The lowest BCUT2D eigenvalue weighted by Crippen LogP contribution is -2.19. The molecule has 0 spiro atoms. The summed E-state index contributed by atoms with van der Waals surface area (Å²) in [6.07, 6.45) is 5.40. The zero-order valence-electron chi connectivity index (χ0n) is 11.9. The maximum atomic E-state index is 5.71. The molecule has 102 valence electrons. The number of unbranched alkanes of at least 4 members (excludes halogenated alkanes) is 2. The zero-order valence-corrected chi connectivity index (χ0v) is 11.9. The van der Waals surface area contributed by atoms with Crippen molar-refractivity contribution in [3.8, 4) is 5.75 Å². The van der Waals surface area contributed by atoms with Gasteiger partial charge in [0.25, 0.3) is 0 Å². The fourth-order valence-electron chi connectivity index (χ4n) is 1.67. The third kappa shape index (κ3) is 6.60. The first kappa shape index (κ1) is 15.0. The minimum atomic E-state index is 0.665. The second-order valence-electron chi connectivity index (χ2n) is 5.06. The van der Waals surface area contributed by atoms with Crippen LogP contribution in [-0.4, -0.2) is 18.1 Å². The van der Waals surface area contributed by atoms with Gasteiger partial charge in [-0.25, -0.2) is 0 Å².